The Labute approximate surface area is 138 Å². The van der Waals surface area contributed by atoms with Gasteiger partial charge < -0.3 is 9.47 Å². The first-order chi connectivity index (χ1) is 11.6. The predicted molar refractivity (Wildman–Crippen MR) is 84.1 cm³/mol. The molecule has 0 N–H and O–H groups in total. The Hall–Kier alpha value is -2.74. The summed E-state index contributed by atoms with van der Waals surface area (Å²) >= 11 is 0. The maximum atomic E-state index is 12.1. The van der Waals surface area contributed by atoms with Crippen molar-refractivity contribution < 1.29 is 19.2 Å². The first-order valence-electron chi connectivity index (χ1n) is 7.72. The van der Waals surface area contributed by atoms with Gasteiger partial charge in [0.2, 0.25) is 0 Å². The van der Waals surface area contributed by atoms with Crippen molar-refractivity contribution in [3.8, 4) is 5.69 Å². The lowest BCUT2D eigenvalue weighted by molar-refractivity contribution is -0.384. The standard InChI is InChI=1S/C16H17N3O5/c20-16(24-11-15-3-1-2-8-23-15)12-9-17-18(10-12)13-4-6-14(7-5-13)19(21)22/h4-7,9-10,15H,1-3,8,11H2. The highest BCUT2D eigenvalue weighted by Crippen LogP contribution is 2.16. The Morgan fingerprint density at radius 2 is 2.17 bits per heavy atom. The van der Waals surface area contributed by atoms with Crippen LogP contribution in [0.2, 0.25) is 0 Å². The third-order valence-corrected chi connectivity index (χ3v) is 3.82. The van der Waals surface area contributed by atoms with Gasteiger partial charge in [0.1, 0.15) is 6.61 Å². The first-order valence-corrected chi connectivity index (χ1v) is 7.72. The molecule has 3 rings (SSSR count). The van der Waals surface area contributed by atoms with Gasteiger partial charge in [-0.15, -0.1) is 0 Å². The molecule has 0 bridgehead atoms. The molecule has 24 heavy (non-hydrogen) atoms. The van der Waals surface area contributed by atoms with Gasteiger partial charge in [-0.05, 0) is 31.4 Å². The Bertz CT molecular complexity index is 720. The molecule has 1 aromatic carbocycles. The van der Waals surface area contributed by atoms with Crippen molar-refractivity contribution in [2.45, 2.75) is 25.4 Å². The van der Waals surface area contributed by atoms with Crippen molar-refractivity contribution in [1.29, 1.82) is 0 Å². The minimum absolute atomic E-state index is 0.00183. The van der Waals surface area contributed by atoms with E-state index in [0.29, 0.717) is 17.9 Å². The Morgan fingerprint density at radius 1 is 1.38 bits per heavy atom. The maximum absolute atomic E-state index is 12.1. The van der Waals surface area contributed by atoms with E-state index in [1.807, 2.05) is 0 Å². The third-order valence-electron chi connectivity index (χ3n) is 3.82. The lowest BCUT2D eigenvalue weighted by Gasteiger charge is -2.21. The molecule has 0 spiro atoms. The number of nitro benzene ring substituents is 1. The van der Waals surface area contributed by atoms with E-state index < -0.39 is 10.9 Å². The zero-order chi connectivity index (χ0) is 16.9. The van der Waals surface area contributed by atoms with Crippen LogP contribution in [0.25, 0.3) is 5.69 Å². The van der Waals surface area contributed by atoms with E-state index in [0.717, 1.165) is 19.3 Å². The number of rotatable bonds is 5. The number of nitrogens with zero attached hydrogens (tertiary/aromatic N) is 3. The van der Waals surface area contributed by atoms with Gasteiger partial charge in [-0.25, -0.2) is 9.48 Å². The summed E-state index contributed by atoms with van der Waals surface area (Å²) in [7, 11) is 0. The molecule has 0 saturated carbocycles. The second-order valence-electron chi connectivity index (χ2n) is 5.53. The van der Waals surface area contributed by atoms with E-state index in [1.165, 1.54) is 29.2 Å². The molecular weight excluding hydrogens is 314 g/mol. The van der Waals surface area contributed by atoms with Gasteiger partial charge in [-0.2, -0.15) is 5.10 Å². The lowest BCUT2D eigenvalue weighted by atomic mass is 10.1. The van der Waals surface area contributed by atoms with Crippen molar-refractivity contribution in [3.63, 3.8) is 0 Å². The van der Waals surface area contributed by atoms with E-state index in [2.05, 4.69) is 5.10 Å². The summed E-state index contributed by atoms with van der Waals surface area (Å²) < 4.78 is 12.2. The van der Waals surface area contributed by atoms with Crippen LogP contribution in [0.1, 0.15) is 29.6 Å². The van der Waals surface area contributed by atoms with E-state index in [4.69, 9.17) is 9.47 Å². The average Bonchev–Trinajstić information content (AvgIpc) is 3.11. The molecule has 1 aliphatic rings. The number of non-ortho nitro benzene ring substituents is 1. The predicted octanol–water partition coefficient (Wildman–Crippen LogP) is 2.51. The number of esters is 1. The highest BCUT2D eigenvalue weighted by Gasteiger charge is 2.18. The molecular formula is C16H17N3O5. The Kier molecular flexibility index (Phi) is 4.85. The van der Waals surface area contributed by atoms with Gasteiger partial charge in [0.25, 0.3) is 5.69 Å². The molecule has 2 heterocycles. The van der Waals surface area contributed by atoms with Crippen molar-refractivity contribution in [2.24, 2.45) is 0 Å². The van der Waals surface area contributed by atoms with Crippen molar-refractivity contribution in [1.82, 2.24) is 9.78 Å². The zero-order valence-corrected chi connectivity index (χ0v) is 13.0. The summed E-state index contributed by atoms with van der Waals surface area (Å²) in [6, 6.07) is 5.90. The highest BCUT2D eigenvalue weighted by molar-refractivity contribution is 5.88. The van der Waals surface area contributed by atoms with Crippen LogP contribution in [-0.2, 0) is 9.47 Å². The largest absolute Gasteiger partial charge is 0.459 e. The quantitative estimate of drug-likeness (QED) is 0.474. The van der Waals surface area contributed by atoms with Crippen LogP contribution in [0.3, 0.4) is 0 Å². The van der Waals surface area contributed by atoms with Crippen LogP contribution in [0.4, 0.5) is 5.69 Å². The number of ether oxygens (including phenoxy) is 2. The number of benzene rings is 1. The molecule has 1 saturated heterocycles. The molecule has 8 heteroatoms. The zero-order valence-electron chi connectivity index (χ0n) is 13.0. The molecule has 1 aromatic heterocycles. The fourth-order valence-electron chi connectivity index (χ4n) is 2.49. The summed E-state index contributed by atoms with van der Waals surface area (Å²) in [5.74, 6) is -0.461. The lowest BCUT2D eigenvalue weighted by Crippen LogP contribution is -2.25. The van der Waals surface area contributed by atoms with E-state index in [-0.39, 0.29) is 18.4 Å². The van der Waals surface area contributed by atoms with Gasteiger partial charge in [0.05, 0.1) is 28.5 Å². The van der Waals surface area contributed by atoms with Crippen molar-refractivity contribution in [2.75, 3.05) is 13.2 Å². The van der Waals surface area contributed by atoms with Crippen LogP contribution in [0.5, 0.6) is 0 Å². The second kappa shape index (κ2) is 7.22. The number of aromatic nitrogens is 2. The van der Waals surface area contributed by atoms with Crippen LogP contribution < -0.4 is 0 Å². The molecule has 1 fully saturated rings. The normalized spacial score (nSPS) is 17.4. The SMILES string of the molecule is O=C(OCC1CCCCO1)c1cnn(-c2ccc([N+](=O)[O-])cc2)c1. The number of hydrogen-bond acceptors (Lipinski definition) is 6. The van der Waals surface area contributed by atoms with Gasteiger partial charge in [-0.1, -0.05) is 0 Å². The summed E-state index contributed by atoms with van der Waals surface area (Å²) in [5.41, 5.74) is 0.942. The van der Waals surface area contributed by atoms with Crippen LogP contribution in [-0.4, -0.2) is 40.0 Å². The molecule has 1 atom stereocenters. The maximum Gasteiger partial charge on any atom is 0.341 e. The molecule has 126 valence electrons. The van der Waals surface area contributed by atoms with Gasteiger partial charge >= 0.3 is 5.97 Å². The summed E-state index contributed by atoms with van der Waals surface area (Å²) in [4.78, 5) is 22.2. The fraction of sp³-hybridized carbons (Fsp3) is 0.375. The second-order valence-corrected chi connectivity index (χ2v) is 5.53. The minimum atomic E-state index is -0.469. The highest BCUT2D eigenvalue weighted by atomic mass is 16.6. The van der Waals surface area contributed by atoms with Gasteiger partial charge in [-0.3, -0.25) is 10.1 Å². The van der Waals surface area contributed by atoms with Crippen molar-refractivity contribution in [3.05, 3.63) is 52.3 Å². The average molecular weight is 331 g/mol. The molecule has 0 amide bonds. The number of carbonyl (C=O) groups is 1. The molecule has 0 aliphatic carbocycles. The molecule has 1 unspecified atom stereocenters. The number of nitro groups is 1. The number of hydrogen-bond donors (Lipinski definition) is 0. The van der Waals surface area contributed by atoms with Crippen LogP contribution in [0, 0.1) is 10.1 Å². The topological polar surface area (TPSA) is 96.5 Å². The number of carbonyl (C=O) groups excluding carboxylic acids is 1. The summed E-state index contributed by atoms with van der Waals surface area (Å²) in [5, 5.41) is 14.7. The Balaban J connectivity index is 1.61. The van der Waals surface area contributed by atoms with Crippen LogP contribution in [0.15, 0.2) is 36.7 Å². The molecule has 2 aromatic rings. The Morgan fingerprint density at radius 3 is 2.83 bits per heavy atom. The van der Waals surface area contributed by atoms with E-state index >= 15 is 0 Å². The minimum Gasteiger partial charge on any atom is -0.459 e. The fourth-order valence-corrected chi connectivity index (χ4v) is 2.49. The smallest absolute Gasteiger partial charge is 0.341 e. The van der Waals surface area contributed by atoms with Crippen LogP contribution >= 0.6 is 0 Å². The first kappa shape index (κ1) is 16.1. The summed E-state index contributed by atoms with van der Waals surface area (Å²) in [6.07, 6.45) is 5.94. The van der Waals surface area contributed by atoms with Gasteiger partial charge in [0, 0.05) is 24.9 Å². The van der Waals surface area contributed by atoms with E-state index in [9.17, 15) is 14.9 Å². The molecule has 0 radical (unpaired) electrons. The third kappa shape index (κ3) is 3.77. The molecule has 8 nitrogen and oxygen atoms in total. The summed E-state index contributed by atoms with van der Waals surface area (Å²) in [6.45, 7) is 0.946. The monoisotopic (exact) mass is 331 g/mol. The van der Waals surface area contributed by atoms with Gasteiger partial charge in [0.15, 0.2) is 0 Å². The van der Waals surface area contributed by atoms with E-state index in [1.54, 1.807) is 12.1 Å². The molecule has 1 aliphatic heterocycles. The van der Waals surface area contributed by atoms with Crippen molar-refractivity contribution >= 4 is 11.7 Å².